The number of aromatic amines is 1. The summed E-state index contributed by atoms with van der Waals surface area (Å²) in [6.07, 6.45) is 7.08. The molecule has 1 fully saturated rings. The number of primary amides is 1. The quantitative estimate of drug-likeness (QED) is 0.788. The lowest BCUT2D eigenvalue weighted by Crippen LogP contribution is -2.33. The van der Waals surface area contributed by atoms with E-state index in [1.807, 2.05) is 18.2 Å². The lowest BCUT2D eigenvalue weighted by atomic mass is 9.89. The second-order valence-corrected chi connectivity index (χ2v) is 6.46. The van der Waals surface area contributed by atoms with Gasteiger partial charge in [-0.25, -0.2) is 4.79 Å². The normalized spacial score (nSPS) is 16.7. The van der Waals surface area contributed by atoms with Gasteiger partial charge in [-0.1, -0.05) is 13.3 Å². The fourth-order valence-corrected chi connectivity index (χ4v) is 3.55. The van der Waals surface area contributed by atoms with Gasteiger partial charge < -0.3 is 20.9 Å². The monoisotopic (exact) mass is 314 g/mol. The first-order chi connectivity index (χ1) is 11.2. The summed E-state index contributed by atoms with van der Waals surface area (Å²) >= 11 is 0. The van der Waals surface area contributed by atoms with E-state index >= 15 is 0 Å². The molecule has 0 unspecified atom stereocenters. The summed E-state index contributed by atoms with van der Waals surface area (Å²) in [4.78, 5) is 17.0. The number of carbonyl (C=O) groups is 1. The lowest BCUT2D eigenvalue weighted by molar-refractivity contribution is 0.210. The molecule has 1 aromatic carbocycles. The molecule has 1 aliphatic rings. The van der Waals surface area contributed by atoms with Crippen molar-refractivity contribution in [2.75, 3.05) is 25.0 Å². The number of aromatic nitrogens is 1. The second-order valence-electron chi connectivity index (χ2n) is 6.46. The van der Waals surface area contributed by atoms with E-state index in [1.165, 1.54) is 56.3 Å². The van der Waals surface area contributed by atoms with E-state index in [9.17, 15) is 4.79 Å². The van der Waals surface area contributed by atoms with Crippen LogP contribution in [-0.4, -0.2) is 35.5 Å². The van der Waals surface area contributed by atoms with Gasteiger partial charge in [0, 0.05) is 22.8 Å². The highest BCUT2D eigenvalue weighted by Crippen LogP contribution is 2.34. The van der Waals surface area contributed by atoms with E-state index in [0.717, 1.165) is 11.2 Å². The zero-order valence-electron chi connectivity index (χ0n) is 13.8. The number of nitrogens with two attached hydrogens (primary N) is 1. The predicted octanol–water partition coefficient (Wildman–Crippen LogP) is 3.64. The first-order valence-corrected chi connectivity index (χ1v) is 8.57. The largest absolute Gasteiger partial charge is 0.361 e. The van der Waals surface area contributed by atoms with Crippen molar-refractivity contribution in [3.05, 3.63) is 30.0 Å². The number of unbranched alkanes of at least 4 members (excludes halogenated alkanes) is 1. The SMILES string of the molecule is CCCCN1CCC(c2c[nH]c3ccc(NC(N)=O)cc23)CC1. The van der Waals surface area contributed by atoms with Gasteiger partial charge in [-0.2, -0.15) is 0 Å². The third kappa shape index (κ3) is 3.67. The van der Waals surface area contributed by atoms with E-state index in [-0.39, 0.29) is 0 Å². The highest BCUT2D eigenvalue weighted by Gasteiger charge is 2.22. The minimum Gasteiger partial charge on any atom is -0.361 e. The van der Waals surface area contributed by atoms with Gasteiger partial charge in [0.2, 0.25) is 0 Å². The van der Waals surface area contributed by atoms with Crippen molar-refractivity contribution in [1.29, 1.82) is 0 Å². The maximum absolute atomic E-state index is 11.0. The van der Waals surface area contributed by atoms with Crippen molar-refractivity contribution >= 4 is 22.6 Å². The number of hydrogen-bond acceptors (Lipinski definition) is 2. The number of urea groups is 1. The molecule has 2 amide bonds. The van der Waals surface area contributed by atoms with Crippen LogP contribution in [0.25, 0.3) is 10.9 Å². The Morgan fingerprint density at radius 1 is 1.39 bits per heavy atom. The van der Waals surface area contributed by atoms with Gasteiger partial charge in [-0.15, -0.1) is 0 Å². The van der Waals surface area contributed by atoms with Crippen LogP contribution in [0.3, 0.4) is 0 Å². The van der Waals surface area contributed by atoms with Crippen molar-refractivity contribution in [2.24, 2.45) is 5.73 Å². The molecule has 5 heteroatoms. The molecule has 1 saturated heterocycles. The molecule has 3 rings (SSSR count). The Bertz CT molecular complexity index is 671. The van der Waals surface area contributed by atoms with Crippen molar-refractivity contribution in [2.45, 2.75) is 38.5 Å². The summed E-state index contributed by atoms with van der Waals surface area (Å²) < 4.78 is 0. The van der Waals surface area contributed by atoms with Gasteiger partial charge in [0.15, 0.2) is 0 Å². The molecule has 0 spiro atoms. The lowest BCUT2D eigenvalue weighted by Gasteiger charge is -2.31. The number of benzene rings is 1. The highest BCUT2D eigenvalue weighted by molar-refractivity contribution is 5.93. The third-order valence-corrected chi connectivity index (χ3v) is 4.84. The summed E-state index contributed by atoms with van der Waals surface area (Å²) in [5, 5.41) is 3.86. The Morgan fingerprint density at radius 3 is 2.87 bits per heavy atom. The summed E-state index contributed by atoms with van der Waals surface area (Å²) in [5.41, 5.74) is 8.45. The Morgan fingerprint density at radius 2 is 2.17 bits per heavy atom. The molecule has 4 N–H and O–H groups in total. The molecular weight excluding hydrogens is 288 g/mol. The average Bonchev–Trinajstić information content (AvgIpc) is 2.96. The summed E-state index contributed by atoms with van der Waals surface area (Å²) in [5.74, 6) is 0.588. The summed E-state index contributed by atoms with van der Waals surface area (Å²) in [6, 6.07) is 5.38. The Hall–Kier alpha value is -2.01. The van der Waals surface area contributed by atoms with Crippen LogP contribution in [-0.2, 0) is 0 Å². The van der Waals surface area contributed by atoms with Crippen molar-refractivity contribution in [3.8, 4) is 0 Å². The molecule has 1 aliphatic heterocycles. The molecule has 0 bridgehead atoms. The summed E-state index contributed by atoms with van der Waals surface area (Å²) in [6.45, 7) is 5.83. The third-order valence-electron chi connectivity index (χ3n) is 4.84. The van der Waals surface area contributed by atoms with E-state index in [4.69, 9.17) is 5.73 Å². The van der Waals surface area contributed by atoms with Crippen molar-refractivity contribution < 1.29 is 4.79 Å². The fraction of sp³-hybridized carbons (Fsp3) is 0.500. The first kappa shape index (κ1) is 15.9. The highest BCUT2D eigenvalue weighted by atomic mass is 16.2. The number of anilines is 1. The molecule has 1 aromatic heterocycles. The van der Waals surface area contributed by atoms with Crippen LogP contribution in [0.4, 0.5) is 10.5 Å². The fourth-order valence-electron chi connectivity index (χ4n) is 3.55. The number of rotatable bonds is 5. The predicted molar refractivity (Wildman–Crippen MR) is 94.8 cm³/mol. The number of piperidine rings is 1. The summed E-state index contributed by atoms with van der Waals surface area (Å²) in [7, 11) is 0. The van der Waals surface area contributed by atoms with Gasteiger partial charge in [0.25, 0.3) is 0 Å². The van der Waals surface area contributed by atoms with E-state index in [1.54, 1.807) is 0 Å². The zero-order chi connectivity index (χ0) is 16.2. The van der Waals surface area contributed by atoms with Gasteiger partial charge in [-0.05, 0) is 68.6 Å². The average molecular weight is 314 g/mol. The second kappa shape index (κ2) is 7.04. The molecule has 2 heterocycles. The van der Waals surface area contributed by atoms with Crippen LogP contribution in [0, 0.1) is 0 Å². The first-order valence-electron chi connectivity index (χ1n) is 8.57. The molecule has 5 nitrogen and oxygen atoms in total. The molecular formula is C18H26N4O. The number of amides is 2. The molecule has 0 saturated carbocycles. The Kier molecular flexibility index (Phi) is 4.86. The van der Waals surface area contributed by atoms with Gasteiger partial charge >= 0.3 is 6.03 Å². The van der Waals surface area contributed by atoms with Crippen LogP contribution >= 0.6 is 0 Å². The molecule has 0 radical (unpaired) electrons. The Balaban J connectivity index is 1.74. The van der Waals surface area contributed by atoms with Gasteiger partial charge in [-0.3, -0.25) is 0 Å². The molecule has 0 atom stereocenters. The van der Waals surface area contributed by atoms with Gasteiger partial charge in [0.05, 0.1) is 0 Å². The van der Waals surface area contributed by atoms with Crippen molar-refractivity contribution in [1.82, 2.24) is 9.88 Å². The number of fused-ring (bicyclic) bond motifs is 1. The molecule has 23 heavy (non-hydrogen) atoms. The van der Waals surface area contributed by atoms with Crippen LogP contribution < -0.4 is 11.1 Å². The van der Waals surface area contributed by atoms with Crippen LogP contribution in [0.15, 0.2) is 24.4 Å². The van der Waals surface area contributed by atoms with Gasteiger partial charge in [0.1, 0.15) is 0 Å². The maximum Gasteiger partial charge on any atom is 0.316 e. The zero-order valence-corrected chi connectivity index (χ0v) is 13.8. The molecule has 2 aromatic rings. The topological polar surface area (TPSA) is 74.2 Å². The van der Waals surface area contributed by atoms with Crippen LogP contribution in [0.2, 0.25) is 0 Å². The van der Waals surface area contributed by atoms with Crippen molar-refractivity contribution in [3.63, 3.8) is 0 Å². The number of hydrogen-bond donors (Lipinski definition) is 3. The number of likely N-dealkylation sites (tertiary alicyclic amines) is 1. The number of carbonyl (C=O) groups excluding carboxylic acids is 1. The van der Waals surface area contributed by atoms with E-state index < -0.39 is 6.03 Å². The molecule has 124 valence electrons. The van der Waals surface area contributed by atoms with E-state index in [0.29, 0.717) is 5.92 Å². The minimum absolute atomic E-state index is 0.523. The Labute approximate surface area is 137 Å². The molecule has 0 aliphatic carbocycles. The smallest absolute Gasteiger partial charge is 0.316 e. The number of H-pyrrole nitrogens is 1. The van der Waals surface area contributed by atoms with Crippen LogP contribution in [0.1, 0.15) is 44.1 Å². The number of nitrogens with zero attached hydrogens (tertiary/aromatic N) is 1. The van der Waals surface area contributed by atoms with Crippen LogP contribution in [0.5, 0.6) is 0 Å². The standard InChI is InChI=1S/C18H26N4O/c1-2-3-8-22-9-6-13(7-10-22)16-12-20-17-5-4-14(11-15(16)17)21-18(19)23/h4-5,11-13,20H,2-3,6-10H2,1H3,(H3,19,21,23). The van der Waals surface area contributed by atoms with E-state index in [2.05, 4.69) is 28.3 Å². The minimum atomic E-state index is -0.523. The maximum atomic E-state index is 11.0. The number of nitrogens with one attached hydrogen (secondary N) is 2.